The minimum Gasteiger partial charge on any atom is -0.212 e. The van der Waals surface area contributed by atoms with Crippen molar-refractivity contribution in [2.24, 2.45) is 0 Å². The van der Waals surface area contributed by atoms with Crippen molar-refractivity contribution in [1.29, 1.82) is 0 Å². The van der Waals surface area contributed by atoms with Gasteiger partial charge in [-0.25, -0.2) is 12.7 Å². The summed E-state index contributed by atoms with van der Waals surface area (Å²) in [6, 6.07) is 0. The van der Waals surface area contributed by atoms with Gasteiger partial charge in [-0.1, -0.05) is 0 Å². The van der Waals surface area contributed by atoms with E-state index in [1.807, 2.05) is 0 Å². The van der Waals surface area contributed by atoms with E-state index >= 15 is 0 Å². The van der Waals surface area contributed by atoms with Crippen LogP contribution in [-0.4, -0.2) is 38.2 Å². The van der Waals surface area contributed by atoms with Gasteiger partial charge < -0.3 is 0 Å². The molecule has 0 aromatic rings. The van der Waals surface area contributed by atoms with E-state index < -0.39 is 29.2 Å². The fourth-order valence-corrected chi connectivity index (χ4v) is 1.45. The molecular weight excluding hydrogens is 207 g/mol. The highest BCUT2D eigenvalue weighted by atomic mass is 32.2. The molecule has 0 unspecified atom stereocenters. The number of hydrogen-bond acceptors (Lipinski definition) is 2. The van der Waals surface area contributed by atoms with Crippen LogP contribution in [0.15, 0.2) is 0 Å². The molecule has 0 aliphatic rings. The Kier molecular flexibility index (Phi) is 4.18. The molecule has 0 atom stereocenters. The van der Waals surface area contributed by atoms with Crippen LogP contribution in [0.3, 0.4) is 0 Å². The first-order valence-corrected chi connectivity index (χ1v) is 5.30. The molecule has 0 heterocycles. The monoisotopic (exact) mass is 219 g/mol. The molecule has 0 spiro atoms. The first kappa shape index (κ1) is 12.7. The Morgan fingerprint density at radius 3 is 2.08 bits per heavy atom. The normalized spacial score (nSPS) is 13.7. The van der Waals surface area contributed by atoms with Crippen LogP contribution in [0.4, 0.5) is 13.2 Å². The van der Waals surface area contributed by atoms with Crippen molar-refractivity contribution < 1.29 is 21.6 Å². The van der Waals surface area contributed by atoms with E-state index in [9.17, 15) is 21.6 Å². The van der Waals surface area contributed by atoms with Gasteiger partial charge in [0.2, 0.25) is 10.0 Å². The van der Waals surface area contributed by atoms with Gasteiger partial charge in [-0.2, -0.15) is 13.2 Å². The molecule has 13 heavy (non-hydrogen) atoms. The maximum absolute atomic E-state index is 11.7. The third-order valence-corrected chi connectivity index (χ3v) is 3.41. The molecule has 0 amide bonds. The summed E-state index contributed by atoms with van der Waals surface area (Å²) in [6.07, 6.45) is -5.42. The Bertz CT molecular complexity index is 247. The third kappa shape index (κ3) is 5.09. The number of alkyl halides is 3. The molecule has 0 radical (unpaired) electrons. The summed E-state index contributed by atoms with van der Waals surface area (Å²) in [7, 11) is -2.34. The van der Waals surface area contributed by atoms with Crippen LogP contribution in [-0.2, 0) is 10.0 Å². The average molecular weight is 219 g/mol. The molecule has 7 heteroatoms. The molecule has 80 valence electrons. The molecule has 0 saturated heterocycles. The lowest BCUT2D eigenvalue weighted by molar-refractivity contribution is -0.135. The van der Waals surface area contributed by atoms with E-state index in [0.717, 1.165) is 11.4 Å². The Morgan fingerprint density at radius 2 is 1.77 bits per heavy atom. The first-order chi connectivity index (χ1) is 5.69. The van der Waals surface area contributed by atoms with E-state index in [4.69, 9.17) is 0 Å². The number of rotatable bonds is 4. The molecular formula is C6H12F3NO2S. The summed E-state index contributed by atoms with van der Waals surface area (Å²) in [5.41, 5.74) is 0. The number of nitrogens with zero attached hydrogens (tertiary/aromatic N) is 1. The van der Waals surface area contributed by atoms with E-state index in [2.05, 4.69) is 0 Å². The lowest BCUT2D eigenvalue weighted by Crippen LogP contribution is -2.31. The van der Waals surface area contributed by atoms with Gasteiger partial charge in [0.15, 0.2) is 0 Å². The van der Waals surface area contributed by atoms with Crippen LogP contribution in [0.5, 0.6) is 0 Å². The third-order valence-electron chi connectivity index (χ3n) is 1.55. The Morgan fingerprint density at radius 1 is 1.31 bits per heavy atom. The summed E-state index contributed by atoms with van der Waals surface area (Å²) >= 11 is 0. The second-order valence-electron chi connectivity index (χ2n) is 2.59. The van der Waals surface area contributed by atoms with Crippen molar-refractivity contribution in [3.8, 4) is 0 Å². The largest absolute Gasteiger partial charge is 0.390 e. The number of sulfonamides is 1. The van der Waals surface area contributed by atoms with Gasteiger partial charge in [0.05, 0.1) is 12.2 Å². The van der Waals surface area contributed by atoms with E-state index in [1.54, 1.807) is 0 Å². The SMILES string of the molecule is CCS(=O)(=O)N(C)CCC(F)(F)F. The predicted octanol–water partition coefficient (Wildman–Crippen LogP) is 1.22. The second-order valence-corrected chi connectivity index (χ2v) is 4.95. The molecule has 0 aliphatic heterocycles. The zero-order valence-electron chi connectivity index (χ0n) is 7.43. The molecule has 0 saturated carbocycles. The predicted molar refractivity (Wildman–Crippen MR) is 42.8 cm³/mol. The highest BCUT2D eigenvalue weighted by Gasteiger charge is 2.29. The van der Waals surface area contributed by atoms with Crippen LogP contribution in [0.2, 0.25) is 0 Å². The van der Waals surface area contributed by atoms with Gasteiger partial charge in [-0.05, 0) is 6.92 Å². The highest BCUT2D eigenvalue weighted by Crippen LogP contribution is 2.19. The quantitative estimate of drug-likeness (QED) is 0.713. The van der Waals surface area contributed by atoms with Gasteiger partial charge in [0.1, 0.15) is 0 Å². The standard InChI is InChI=1S/C6H12F3NO2S/c1-3-13(11,12)10(2)5-4-6(7,8)9/h3-5H2,1-2H3. The molecule has 0 N–H and O–H groups in total. The number of halogens is 3. The Labute approximate surface area is 75.6 Å². The van der Waals surface area contributed by atoms with Gasteiger partial charge in [0.25, 0.3) is 0 Å². The van der Waals surface area contributed by atoms with Crippen LogP contribution in [0.25, 0.3) is 0 Å². The molecule has 0 bridgehead atoms. The zero-order valence-corrected chi connectivity index (χ0v) is 8.24. The summed E-state index contributed by atoms with van der Waals surface area (Å²) in [6.45, 7) is 0.874. The van der Waals surface area contributed by atoms with Crippen LogP contribution in [0.1, 0.15) is 13.3 Å². The van der Waals surface area contributed by atoms with Crippen LogP contribution >= 0.6 is 0 Å². The molecule has 0 fully saturated rings. The van der Waals surface area contributed by atoms with Crippen LogP contribution < -0.4 is 0 Å². The summed E-state index contributed by atoms with van der Waals surface area (Å²) in [4.78, 5) is 0. The summed E-state index contributed by atoms with van der Waals surface area (Å²) in [5, 5.41) is 0. The van der Waals surface area contributed by atoms with E-state index in [-0.39, 0.29) is 5.75 Å². The maximum Gasteiger partial charge on any atom is 0.390 e. The number of hydrogen-bond donors (Lipinski definition) is 0. The van der Waals surface area contributed by atoms with Crippen molar-refractivity contribution in [3.63, 3.8) is 0 Å². The maximum atomic E-state index is 11.7. The van der Waals surface area contributed by atoms with Gasteiger partial charge in [0, 0.05) is 13.6 Å². The van der Waals surface area contributed by atoms with Crippen molar-refractivity contribution in [3.05, 3.63) is 0 Å². The smallest absolute Gasteiger partial charge is 0.212 e. The van der Waals surface area contributed by atoms with Crippen molar-refractivity contribution in [1.82, 2.24) is 4.31 Å². The van der Waals surface area contributed by atoms with Gasteiger partial charge >= 0.3 is 6.18 Å². The molecule has 3 nitrogen and oxygen atoms in total. The second kappa shape index (κ2) is 4.28. The average Bonchev–Trinajstić information content (AvgIpc) is 1.98. The van der Waals surface area contributed by atoms with Gasteiger partial charge in [-0.3, -0.25) is 0 Å². The molecule has 0 rings (SSSR count). The fraction of sp³-hybridized carbons (Fsp3) is 1.00. The summed E-state index contributed by atoms with van der Waals surface area (Å²) in [5.74, 6) is -0.179. The lowest BCUT2D eigenvalue weighted by atomic mass is 10.4. The van der Waals surface area contributed by atoms with Gasteiger partial charge in [-0.15, -0.1) is 0 Å². The minimum atomic E-state index is -4.31. The topological polar surface area (TPSA) is 37.4 Å². The van der Waals surface area contributed by atoms with E-state index in [0.29, 0.717) is 0 Å². The minimum absolute atomic E-state index is 0.179. The van der Waals surface area contributed by atoms with E-state index in [1.165, 1.54) is 6.92 Å². The lowest BCUT2D eigenvalue weighted by Gasteiger charge is -2.16. The Hall–Kier alpha value is -0.300. The van der Waals surface area contributed by atoms with Crippen molar-refractivity contribution in [2.45, 2.75) is 19.5 Å². The molecule has 0 aliphatic carbocycles. The fourth-order valence-electron chi connectivity index (χ4n) is 0.644. The van der Waals surface area contributed by atoms with Crippen molar-refractivity contribution in [2.75, 3.05) is 19.3 Å². The first-order valence-electron chi connectivity index (χ1n) is 3.70. The summed E-state index contributed by atoms with van der Waals surface area (Å²) < 4.78 is 57.7. The highest BCUT2D eigenvalue weighted by molar-refractivity contribution is 7.89. The Balaban J connectivity index is 4.11. The van der Waals surface area contributed by atoms with Crippen LogP contribution in [0, 0.1) is 0 Å². The van der Waals surface area contributed by atoms with Crippen molar-refractivity contribution >= 4 is 10.0 Å². The molecule has 0 aromatic carbocycles. The zero-order chi connectivity index (χ0) is 10.7. The molecule has 0 aromatic heterocycles.